The lowest BCUT2D eigenvalue weighted by atomic mass is 10.1. The molecule has 0 atom stereocenters. The van der Waals surface area contributed by atoms with Crippen LogP contribution in [0.2, 0.25) is 0 Å². The largest absolute Gasteiger partial charge is 0.478 e. The first-order valence-electron chi connectivity index (χ1n) is 8.33. The van der Waals surface area contributed by atoms with Crippen LogP contribution >= 0.6 is 0 Å². The van der Waals surface area contributed by atoms with Gasteiger partial charge in [0.25, 0.3) is 0 Å². The number of ketones is 1. The maximum Gasteiger partial charge on any atom is 0.339 e. The van der Waals surface area contributed by atoms with Crippen LogP contribution in [-0.2, 0) is 13.5 Å². The molecule has 0 unspecified atom stereocenters. The number of carboxylic acid groups (broad SMARTS) is 1. The van der Waals surface area contributed by atoms with Crippen LogP contribution in [0.4, 0.5) is 5.95 Å². The summed E-state index contributed by atoms with van der Waals surface area (Å²) in [5, 5.41) is 17.5. The smallest absolute Gasteiger partial charge is 0.339 e. The minimum Gasteiger partial charge on any atom is -0.478 e. The van der Waals surface area contributed by atoms with E-state index in [2.05, 4.69) is 15.2 Å². The third-order valence-electron chi connectivity index (χ3n) is 4.23. The van der Waals surface area contributed by atoms with E-state index < -0.39 is 5.97 Å². The van der Waals surface area contributed by atoms with E-state index in [1.165, 1.54) is 10.9 Å². The van der Waals surface area contributed by atoms with E-state index in [1.54, 1.807) is 29.9 Å². The van der Waals surface area contributed by atoms with E-state index in [0.717, 1.165) is 18.7 Å². The summed E-state index contributed by atoms with van der Waals surface area (Å²) < 4.78 is 2.93. The van der Waals surface area contributed by atoms with Crippen molar-refractivity contribution in [3.05, 3.63) is 41.3 Å². The van der Waals surface area contributed by atoms with E-state index >= 15 is 0 Å². The molecule has 0 radical (unpaired) electrons. The maximum absolute atomic E-state index is 12.6. The summed E-state index contributed by atoms with van der Waals surface area (Å²) in [5.74, 6) is -0.846. The van der Waals surface area contributed by atoms with Crippen LogP contribution in [0.5, 0.6) is 0 Å². The Hall–Kier alpha value is -3.23. The number of hydrogen-bond acceptors (Lipinski definition) is 6. The standard InChI is InChI=1S/C17H20N6O3/c1-4-22(5-2)17-19-14-7-6-11(10-23(14)20-17)8-13(24)15-12(16(25)26)9-18-21(15)3/h6-7,9-10H,4-5,8H2,1-3H3,(H,25,26). The fourth-order valence-corrected chi connectivity index (χ4v) is 2.85. The number of carbonyl (C=O) groups is 2. The average Bonchev–Trinajstić information content (AvgIpc) is 3.19. The highest BCUT2D eigenvalue weighted by molar-refractivity contribution is 6.05. The molecule has 3 aromatic heterocycles. The molecule has 3 heterocycles. The molecule has 1 N–H and O–H groups in total. The van der Waals surface area contributed by atoms with Crippen molar-refractivity contribution in [3.63, 3.8) is 0 Å². The molecule has 0 aliphatic rings. The first-order chi connectivity index (χ1) is 12.4. The molecular weight excluding hydrogens is 336 g/mol. The maximum atomic E-state index is 12.6. The number of anilines is 1. The van der Waals surface area contributed by atoms with Crippen molar-refractivity contribution in [2.75, 3.05) is 18.0 Å². The molecule has 3 rings (SSSR count). The minimum atomic E-state index is -1.17. The Labute approximate surface area is 149 Å². The van der Waals surface area contributed by atoms with Gasteiger partial charge in [-0.3, -0.25) is 9.48 Å². The quantitative estimate of drug-likeness (QED) is 0.638. The first-order valence-corrected chi connectivity index (χ1v) is 8.33. The molecule has 0 spiro atoms. The Bertz CT molecular complexity index is 970. The van der Waals surface area contributed by atoms with Gasteiger partial charge in [-0.25, -0.2) is 9.31 Å². The Balaban J connectivity index is 1.88. The summed E-state index contributed by atoms with van der Waals surface area (Å²) in [5.41, 5.74) is 1.40. The van der Waals surface area contributed by atoms with Gasteiger partial charge >= 0.3 is 5.97 Å². The molecule has 0 saturated carbocycles. The Kier molecular flexibility index (Phi) is 4.70. The van der Waals surface area contributed by atoms with Crippen LogP contribution in [-0.4, -0.2) is 54.3 Å². The average molecular weight is 356 g/mol. The van der Waals surface area contributed by atoms with Crippen LogP contribution in [0, 0.1) is 0 Å². The van der Waals surface area contributed by atoms with Crippen molar-refractivity contribution in [3.8, 4) is 0 Å². The number of aromatic carboxylic acids is 1. The lowest BCUT2D eigenvalue weighted by Crippen LogP contribution is -2.23. The third kappa shape index (κ3) is 3.15. The van der Waals surface area contributed by atoms with E-state index in [1.807, 2.05) is 18.7 Å². The Morgan fingerprint density at radius 2 is 1.96 bits per heavy atom. The number of carbonyl (C=O) groups excluding carboxylic acids is 1. The van der Waals surface area contributed by atoms with Crippen LogP contribution < -0.4 is 4.90 Å². The van der Waals surface area contributed by atoms with E-state index in [9.17, 15) is 14.7 Å². The van der Waals surface area contributed by atoms with Gasteiger partial charge in [0.2, 0.25) is 5.95 Å². The second-order valence-corrected chi connectivity index (χ2v) is 5.86. The molecule has 0 aromatic carbocycles. The molecule has 0 fully saturated rings. The minimum absolute atomic E-state index is 0.0518. The normalized spacial score (nSPS) is 11.0. The van der Waals surface area contributed by atoms with Crippen molar-refractivity contribution in [1.82, 2.24) is 24.4 Å². The fraction of sp³-hybridized carbons (Fsp3) is 0.353. The molecule has 26 heavy (non-hydrogen) atoms. The monoisotopic (exact) mass is 356 g/mol. The first kappa shape index (κ1) is 17.6. The van der Waals surface area contributed by atoms with Crippen LogP contribution in [0.3, 0.4) is 0 Å². The van der Waals surface area contributed by atoms with Crippen LogP contribution in [0.15, 0.2) is 24.5 Å². The molecule has 0 aliphatic heterocycles. The summed E-state index contributed by atoms with van der Waals surface area (Å²) in [7, 11) is 1.55. The topological polar surface area (TPSA) is 106 Å². The van der Waals surface area contributed by atoms with Gasteiger partial charge < -0.3 is 10.0 Å². The summed E-state index contributed by atoms with van der Waals surface area (Å²) in [6, 6.07) is 3.59. The fourth-order valence-electron chi connectivity index (χ4n) is 2.85. The number of rotatable bonds is 7. The molecule has 9 heteroatoms. The molecule has 0 saturated heterocycles. The van der Waals surface area contributed by atoms with E-state index in [0.29, 0.717) is 11.6 Å². The molecular formula is C17H20N6O3. The Morgan fingerprint density at radius 1 is 1.23 bits per heavy atom. The van der Waals surface area contributed by atoms with E-state index in [4.69, 9.17) is 0 Å². The summed E-state index contributed by atoms with van der Waals surface area (Å²) >= 11 is 0. The van der Waals surface area contributed by atoms with Crippen molar-refractivity contribution < 1.29 is 14.7 Å². The molecule has 0 aliphatic carbocycles. The SMILES string of the molecule is CCN(CC)c1nc2ccc(CC(=O)c3c(C(=O)O)cnn3C)cn2n1. The number of hydrogen-bond donors (Lipinski definition) is 1. The number of aryl methyl sites for hydroxylation is 1. The lowest BCUT2D eigenvalue weighted by molar-refractivity contribution is 0.0691. The molecule has 9 nitrogen and oxygen atoms in total. The number of nitrogens with zero attached hydrogens (tertiary/aromatic N) is 6. The molecule has 3 aromatic rings. The zero-order valence-corrected chi connectivity index (χ0v) is 14.9. The predicted octanol–water partition coefficient (Wildman–Crippen LogP) is 1.43. The molecule has 136 valence electrons. The van der Waals surface area contributed by atoms with Crippen molar-refractivity contribution >= 4 is 23.3 Å². The number of Topliss-reactive ketones (excluding diaryl/α,β-unsaturated/α-hetero) is 1. The van der Waals surface area contributed by atoms with Gasteiger partial charge in [0.15, 0.2) is 11.4 Å². The van der Waals surface area contributed by atoms with Crippen molar-refractivity contribution in [2.24, 2.45) is 7.05 Å². The highest BCUT2D eigenvalue weighted by atomic mass is 16.4. The highest BCUT2D eigenvalue weighted by Crippen LogP contribution is 2.15. The van der Waals surface area contributed by atoms with Crippen LogP contribution in [0.1, 0.15) is 40.3 Å². The number of fused-ring (bicyclic) bond motifs is 1. The number of carboxylic acids is 1. The zero-order valence-electron chi connectivity index (χ0n) is 14.9. The van der Waals surface area contributed by atoms with E-state index in [-0.39, 0.29) is 23.5 Å². The third-order valence-corrected chi connectivity index (χ3v) is 4.23. The van der Waals surface area contributed by atoms with Gasteiger partial charge in [0.05, 0.1) is 6.20 Å². The summed E-state index contributed by atoms with van der Waals surface area (Å²) in [6.45, 7) is 5.68. The van der Waals surface area contributed by atoms with Gasteiger partial charge in [-0.15, -0.1) is 5.10 Å². The molecule has 0 bridgehead atoms. The summed E-state index contributed by atoms with van der Waals surface area (Å²) in [6.07, 6.45) is 2.98. The highest BCUT2D eigenvalue weighted by Gasteiger charge is 2.22. The van der Waals surface area contributed by atoms with Gasteiger partial charge in [-0.05, 0) is 25.5 Å². The second kappa shape index (κ2) is 6.95. The second-order valence-electron chi connectivity index (χ2n) is 5.86. The summed E-state index contributed by atoms with van der Waals surface area (Å²) in [4.78, 5) is 30.4. The zero-order chi connectivity index (χ0) is 18.8. The number of pyridine rings is 1. The van der Waals surface area contributed by atoms with Crippen molar-refractivity contribution in [1.29, 1.82) is 0 Å². The van der Waals surface area contributed by atoms with Gasteiger partial charge in [0, 0.05) is 32.8 Å². The molecule has 0 amide bonds. The predicted molar refractivity (Wildman–Crippen MR) is 94.7 cm³/mol. The number of aromatic nitrogens is 5. The van der Waals surface area contributed by atoms with Gasteiger partial charge in [-0.1, -0.05) is 6.07 Å². The van der Waals surface area contributed by atoms with Gasteiger partial charge in [0.1, 0.15) is 11.3 Å². The van der Waals surface area contributed by atoms with Crippen molar-refractivity contribution in [2.45, 2.75) is 20.3 Å². The van der Waals surface area contributed by atoms with Gasteiger partial charge in [-0.2, -0.15) is 10.1 Å². The Morgan fingerprint density at radius 3 is 2.62 bits per heavy atom. The lowest BCUT2D eigenvalue weighted by Gasteiger charge is -2.14. The van der Waals surface area contributed by atoms with Crippen LogP contribution in [0.25, 0.3) is 5.65 Å².